The number of anilines is 1. The highest BCUT2D eigenvalue weighted by Gasteiger charge is 2.37. The van der Waals surface area contributed by atoms with Gasteiger partial charge in [-0.25, -0.2) is 9.69 Å². The van der Waals surface area contributed by atoms with Crippen LogP contribution in [0.25, 0.3) is 0 Å². The molecule has 0 saturated carbocycles. The smallest absolute Gasteiger partial charge is 0.338 e. The second kappa shape index (κ2) is 9.14. The molecule has 0 unspecified atom stereocenters. The van der Waals surface area contributed by atoms with E-state index in [1.165, 1.54) is 23.8 Å². The second-order valence-corrected chi connectivity index (χ2v) is 9.16. The maximum Gasteiger partial charge on any atom is 0.338 e. The maximum absolute atomic E-state index is 13.0. The molecule has 0 bridgehead atoms. The first-order valence-corrected chi connectivity index (χ1v) is 11.2. The zero-order chi connectivity index (χ0) is 24.5. The molecule has 0 saturated heterocycles. The Morgan fingerprint density at radius 3 is 2.12 bits per heavy atom. The molecule has 34 heavy (non-hydrogen) atoms. The molecule has 2 amide bonds. The van der Waals surface area contributed by atoms with E-state index in [0.29, 0.717) is 18.0 Å². The summed E-state index contributed by atoms with van der Waals surface area (Å²) in [4.78, 5) is 39.6. The summed E-state index contributed by atoms with van der Waals surface area (Å²) in [6.45, 7) is 8.93. The van der Waals surface area contributed by atoms with E-state index in [4.69, 9.17) is 9.47 Å². The fraction of sp³-hybridized carbons (Fsp3) is 0.250. The topological polar surface area (TPSA) is 72.9 Å². The lowest BCUT2D eigenvalue weighted by Gasteiger charge is -2.19. The number of amides is 2. The standard InChI is InChI=1S/C28H27NO5/c1-5-33-22-13-11-21(12-14-22)29-25(30)23-15-8-19(16-24(23)26(29)31)27(32)34-17-18-6-9-20(10-7-18)28(2,3)4/h6-16H,5,17H2,1-4H3. The molecule has 1 aliphatic heterocycles. The van der Waals surface area contributed by atoms with Crippen molar-refractivity contribution in [3.05, 3.63) is 94.5 Å². The molecule has 0 radical (unpaired) electrons. The Hall–Kier alpha value is -3.93. The number of carbonyl (C=O) groups excluding carboxylic acids is 3. The van der Waals surface area contributed by atoms with E-state index in [2.05, 4.69) is 20.8 Å². The molecule has 174 valence electrons. The molecule has 0 aliphatic carbocycles. The zero-order valence-corrected chi connectivity index (χ0v) is 19.8. The van der Waals surface area contributed by atoms with Gasteiger partial charge in [0.15, 0.2) is 0 Å². The first-order chi connectivity index (χ1) is 16.2. The Morgan fingerprint density at radius 1 is 0.853 bits per heavy atom. The van der Waals surface area contributed by atoms with Crippen molar-refractivity contribution in [2.24, 2.45) is 0 Å². The lowest BCUT2D eigenvalue weighted by molar-refractivity contribution is 0.0472. The molecule has 0 atom stereocenters. The van der Waals surface area contributed by atoms with E-state index < -0.39 is 17.8 Å². The molecular formula is C28H27NO5. The number of fused-ring (bicyclic) bond motifs is 1. The van der Waals surface area contributed by atoms with E-state index >= 15 is 0 Å². The van der Waals surface area contributed by atoms with Gasteiger partial charge in [-0.3, -0.25) is 9.59 Å². The quantitative estimate of drug-likeness (QED) is 0.359. The van der Waals surface area contributed by atoms with Crippen LogP contribution in [-0.2, 0) is 16.8 Å². The number of nitrogens with zero attached hydrogens (tertiary/aromatic N) is 1. The van der Waals surface area contributed by atoms with E-state index in [1.807, 2.05) is 31.2 Å². The van der Waals surface area contributed by atoms with Crippen molar-refractivity contribution in [1.82, 2.24) is 0 Å². The summed E-state index contributed by atoms with van der Waals surface area (Å²) in [7, 11) is 0. The Kier molecular flexibility index (Phi) is 6.24. The first kappa shape index (κ1) is 23.2. The monoisotopic (exact) mass is 457 g/mol. The predicted octanol–water partition coefficient (Wildman–Crippen LogP) is 5.54. The van der Waals surface area contributed by atoms with Crippen LogP contribution in [0.15, 0.2) is 66.7 Å². The van der Waals surface area contributed by atoms with Crippen LogP contribution in [-0.4, -0.2) is 24.4 Å². The van der Waals surface area contributed by atoms with E-state index in [9.17, 15) is 14.4 Å². The fourth-order valence-electron chi connectivity index (χ4n) is 3.79. The van der Waals surface area contributed by atoms with E-state index in [0.717, 1.165) is 10.5 Å². The number of benzene rings is 3. The van der Waals surface area contributed by atoms with Crippen molar-refractivity contribution in [3.8, 4) is 5.75 Å². The summed E-state index contributed by atoms with van der Waals surface area (Å²) in [5.74, 6) is -0.803. The maximum atomic E-state index is 13.0. The number of imide groups is 1. The highest BCUT2D eigenvalue weighted by molar-refractivity contribution is 6.34. The van der Waals surface area contributed by atoms with Crippen molar-refractivity contribution in [3.63, 3.8) is 0 Å². The molecule has 3 aromatic carbocycles. The van der Waals surface area contributed by atoms with Gasteiger partial charge in [-0.2, -0.15) is 0 Å². The summed E-state index contributed by atoms with van der Waals surface area (Å²) < 4.78 is 10.9. The van der Waals surface area contributed by atoms with Gasteiger partial charge in [0.1, 0.15) is 12.4 Å². The molecule has 1 aliphatic rings. The van der Waals surface area contributed by atoms with Gasteiger partial charge in [-0.05, 0) is 65.9 Å². The van der Waals surface area contributed by atoms with Gasteiger partial charge in [-0.15, -0.1) is 0 Å². The van der Waals surface area contributed by atoms with Gasteiger partial charge in [-0.1, -0.05) is 45.0 Å². The molecule has 6 heteroatoms. The van der Waals surface area contributed by atoms with Gasteiger partial charge in [0.25, 0.3) is 11.8 Å². The number of ether oxygens (including phenoxy) is 2. The summed E-state index contributed by atoms with van der Waals surface area (Å²) in [6, 6.07) is 19.1. The summed E-state index contributed by atoms with van der Waals surface area (Å²) in [6.07, 6.45) is 0. The highest BCUT2D eigenvalue weighted by atomic mass is 16.5. The number of hydrogen-bond donors (Lipinski definition) is 0. The minimum Gasteiger partial charge on any atom is -0.494 e. The third kappa shape index (κ3) is 4.57. The van der Waals surface area contributed by atoms with Gasteiger partial charge in [0, 0.05) is 0 Å². The Morgan fingerprint density at radius 2 is 1.50 bits per heavy atom. The third-order valence-corrected chi connectivity index (χ3v) is 5.72. The largest absolute Gasteiger partial charge is 0.494 e. The van der Waals surface area contributed by atoms with Crippen LogP contribution in [0.4, 0.5) is 5.69 Å². The lowest BCUT2D eigenvalue weighted by Crippen LogP contribution is -2.29. The summed E-state index contributed by atoms with van der Waals surface area (Å²) in [5, 5.41) is 0. The van der Waals surface area contributed by atoms with Crippen molar-refractivity contribution >= 4 is 23.5 Å². The van der Waals surface area contributed by atoms with Crippen LogP contribution in [0, 0.1) is 0 Å². The van der Waals surface area contributed by atoms with Gasteiger partial charge in [0.05, 0.1) is 29.0 Å². The molecule has 6 nitrogen and oxygen atoms in total. The van der Waals surface area contributed by atoms with Crippen LogP contribution in [0.5, 0.6) is 5.75 Å². The normalized spacial score (nSPS) is 13.1. The molecule has 0 aromatic heterocycles. The third-order valence-electron chi connectivity index (χ3n) is 5.72. The number of rotatable bonds is 6. The minimum atomic E-state index is -0.553. The molecule has 0 spiro atoms. The van der Waals surface area contributed by atoms with Crippen LogP contribution >= 0.6 is 0 Å². The van der Waals surface area contributed by atoms with Crippen molar-refractivity contribution in [1.29, 1.82) is 0 Å². The molecule has 0 N–H and O–H groups in total. The zero-order valence-electron chi connectivity index (χ0n) is 19.8. The minimum absolute atomic E-state index is 0.0444. The number of carbonyl (C=O) groups is 3. The van der Waals surface area contributed by atoms with Crippen molar-refractivity contribution in [2.45, 2.75) is 39.7 Å². The van der Waals surface area contributed by atoms with Crippen LogP contribution in [0.1, 0.15) is 69.9 Å². The summed E-state index contributed by atoms with van der Waals surface area (Å²) >= 11 is 0. The molecule has 1 heterocycles. The van der Waals surface area contributed by atoms with Crippen LogP contribution < -0.4 is 9.64 Å². The van der Waals surface area contributed by atoms with Crippen molar-refractivity contribution in [2.75, 3.05) is 11.5 Å². The fourth-order valence-corrected chi connectivity index (χ4v) is 3.79. The second-order valence-electron chi connectivity index (χ2n) is 9.16. The molecule has 4 rings (SSSR count). The Balaban J connectivity index is 1.47. The highest BCUT2D eigenvalue weighted by Crippen LogP contribution is 2.30. The lowest BCUT2D eigenvalue weighted by atomic mass is 9.87. The Bertz CT molecular complexity index is 1240. The van der Waals surface area contributed by atoms with Gasteiger partial charge >= 0.3 is 5.97 Å². The number of hydrogen-bond acceptors (Lipinski definition) is 5. The molecular weight excluding hydrogens is 430 g/mol. The predicted molar refractivity (Wildman–Crippen MR) is 129 cm³/mol. The average molecular weight is 458 g/mol. The average Bonchev–Trinajstić information content (AvgIpc) is 3.07. The van der Waals surface area contributed by atoms with Gasteiger partial charge in [0.2, 0.25) is 0 Å². The van der Waals surface area contributed by atoms with Gasteiger partial charge < -0.3 is 9.47 Å². The van der Waals surface area contributed by atoms with Crippen LogP contribution in [0.3, 0.4) is 0 Å². The number of esters is 1. The van der Waals surface area contributed by atoms with E-state index in [1.54, 1.807) is 24.3 Å². The summed E-state index contributed by atoms with van der Waals surface area (Å²) in [5.41, 5.74) is 3.22. The Labute approximate surface area is 199 Å². The first-order valence-electron chi connectivity index (χ1n) is 11.2. The van der Waals surface area contributed by atoms with Crippen molar-refractivity contribution < 1.29 is 23.9 Å². The molecule has 0 fully saturated rings. The molecule has 3 aromatic rings. The SMILES string of the molecule is CCOc1ccc(N2C(=O)c3ccc(C(=O)OCc4ccc(C(C)(C)C)cc4)cc3C2=O)cc1. The van der Waals surface area contributed by atoms with Crippen LogP contribution in [0.2, 0.25) is 0 Å². The van der Waals surface area contributed by atoms with E-state index in [-0.39, 0.29) is 28.7 Å².